The number of hydrogen-bond donors (Lipinski definition) is 1. The summed E-state index contributed by atoms with van der Waals surface area (Å²) in [6.45, 7) is -0.0842. The Kier molecular flexibility index (Phi) is 6.24. The molecule has 1 aliphatic carbocycles. The predicted molar refractivity (Wildman–Crippen MR) is 118 cm³/mol. The fourth-order valence-electron chi connectivity index (χ4n) is 3.81. The fraction of sp³-hybridized carbons (Fsp3) is 0.375. The highest BCUT2D eigenvalue weighted by molar-refractivity contribution is 6.16. The number of amides is 2. The van der Waals surface area contributed by atoms with Crippen molar-refractivity contribution in [2.45, 2.75) is 31.1 Å². The van der Waals surface area contributed by atoms with Crippen LogP contribution in [0.1, 0.15) is 24.0 Å². The zero-order valence-corrected chi connectivity index (χ0v) is 18.7. The number of hydrogen-bond acceptors (Lipinski definition) is 5. The second kappa shape index (κ2) is 9.00. The van der Waals surface area contributed by atoms with Gasteiger partial charge in [0.05, 0.1) is 14.2 Å². The summed E-state index contributed by atoms with van der Waals surface area (Å²) in [6.07, 6.45) is -3.91. The van der Waals surface area contributed by atoms with Gasteiger partial charge in [-0.15, -0.1) is 0 Å². The van der Waals surface area contributed by atoms with Gasteiger partial charge in [-0.3, -0.25) is 14.5 Å². The van der Waals surface area contributed by atoms with Crippen LogP contribution in [-0.4, -0.2) is 55.2 Å². The van der Waals surface area contributed by atoms with Crippen molar-refractivity contribution in [3.8, 4) is 11.5 Å². The van der Waals surface area contributed by atoms with Gasteiger partial charge in [-0.05, 0) is 37.0 Å². The Labute approximate surface area is 194 Å². The summed E-state index contributed by atoms with van der Waals surface area (Å²) in [5, 5.41) is 1.93. The number of amidine groups is 1. The average molecular weight is 475 g/mol. The quantitative estimate of drug-likeness (QED) is 0.635. The van der Waals surface area contributed by atoms with Crippen LogP contribution in [0.5, 0.6) is 11.5 Å². The molecule has 0 unspecified atom stereocenters. The number of benzene rings is 2. The van der Waals surface area contributed by atoms with Crippen molar-refractivity contribution in [3.05, 3.63) is 59.7 Å². The number of nitrogens with zero attached hydrogens (tertiary/aromatic N) is 2. The highest BCUT2D eigenvalue weighted by atomic mass is 19.4. The molecule has 1 aliphatic heterocycles. The molecular formula is C24H24F3N3O4. The molecule has 2 aromatic rings. The van der Waals surface area contributed by atoms with Crippen LogP contribution in [0.15, 0.2) is 53.5 Å². The Balaban J connectivity index is 1.68. The van der Waals surface area contributed by atoms with Crippen molar-refractivity contribution in [2.75, 3.05) is 20.8 Å². The van der Waals surface area contributed by atoms with Crippen LogP contribution < -0.4 is 14.8 Å². The summed E-state index contributed by atoms with van der Waals surface area (Å²) in [5.74, 6) is -1.83. The normalized spacial score (nSPS) is 20.2. The third-order valence-electron chi connectivity index (χ3n) is 5.85. The van der Waals surface area contributed by atoms with E-state index in [-0.39, 0.29) is 18.8 Å². The summed E-state index contributed by atoms with van der Waals surface area (Å²) in [5.41, 5.74) is -2.28. The minimum Gasteiger partial charge on any atom is -0.493 e. The largest absolute Gasteiger partial charge is 0.493 e. The molecule has 1 N–H and O–H groups in total. The van der Waals surface area contributed by atoms with Crippen molar-refractivity contribution in [1.82, 2.24) is 10.2 Å². The molecule has 2 aliphatic rings. The van der Waals surface area contributed by atoms with Crippen LogP contribution >= 0.6 is 0 Å². The molecule has 0 spiro atoms. The SMILES string of the molecule is COc1ccc(CCN2C(=O)[C@](NC(=O)C3CC3)(C(F)(F)F)N=C2c2ccccc2)cc1OC. The van der Waals surface area contributed by atoms with Gasteiger partial charge in [0, 0.05) is 18.0 Å². The van der Waals surface area contributed by atoms with Gasteiger partial charge in [0.1, 0.15) is 5.84 Å². The molecule has 0 radical (unpaired) electrons. The molecule has 1 heterocycles. The number of carbonyl (C=O) groups excluding carboxylic acids is 2. The summed E-state index contributed by atoms with van der Waals surface area (Å²) >= 11 is 0. The van der Waals surface area contributed by atoms with Crippen molar-refractivity contribution >= 4 is 17.6 Å². The van der Waals surface area contributed by atoms with Crippen LogP contribution in [0.4, 0.5) is 13.2 Å². The third kappa shape index (κ3) is 4.32. The minimum absolute atomic E-state index is 0.0842. The summed E-state index contributed by atoms with van der Waals surface area (Å²) in [6, 6.07) is 13.3. The van der Waals surface area contributed by atoms with E-state index in [0.717, 1.165) is 10.5 Å². The van der Waals surface area contributed by atoms with E-state index in [4.69, 9.17) is 9.47 Å². The lowest BCUT2D eigenvalue weighted by molar-refractivity contribution is -0.200. The lowest BCUT2D eigenvalue weighted by Crippen LogP contribution is -2.63. The standard InChI is InChI=1S/C24H24F3N3O4/c1-33-18-11-8-15(14-19(18)34-2)12-13-30-20(16-6-4-3-5-7-16)28-23(22(30)32,24(25,26)27)29-21(31)17-9-10-17/h3-8,11,14,17H,9-10,12-13H2,1-2H3,(H,29,31)/t23-/m0/s1. The number of aliphatic imine (C=N–C) groups is 1. The van der Waals surface area contributed by atoms with E-state index in [1.807, 2.05) is 5.32 Å². The Morgan fingerprint density at radius 1 is 1.12 bits per heavy atom. The number of alkyl halides is 3. The van der Waals surface area contributed by atoms with Gasteiger partial charge >= 0.3 is 11.8 Å². The van der Waals surface area contributed by atoms with Crippen molar-refractivity contribution < 1.29 is 32.2 Å². The van der Waals surface area contributed by atoms with Crippen LogP contribution in [0, 0.1) is 5.92 Å². The van der Waals surface area contributed by atoms with Crippen molar-refractivity contribution in [1.29, 1.82) is 0 Å². The summed E-state index contributed by atoms with van der Waals surface area (Å²) < 4.78 is 53.5. The molecule has 2 amide bonds. The van der Waals surface area contributed by atoms with Gasteiger partial charge in [0.25, 0.3) is 5.91 Å². The van der Waals surface area contributed by atoms with E-state index in [1.165, 1.54) is 14.2 Å². The van der Waals surface area contributed by atoms with E-state index in [2.05, 4.69) is 4.99 Å². The van der Waals surface area contributed by atoms with E-state index >= 15 is 0 Å². The lowest BCUT2D eigenvalue weighted by atomic mass is 10.1. The predicted octanol–water partition coefficient (Wildman–Crippen LogP) is 3.32. The van der Waals surface area contributed by atoms with E-state index < -0.39 is 29.6 Å². The lowest BCUT2D eigenvalue weighted by Gasteiger charge is -2.29. The van der Waals surface area contributed by atoms with Crippen LogP contribution in [0.2, 0.25) is 0 Å². The molecule has 4 rings (SSSR count). The maximum Gasteiger partial charge on any atom is 0.442 e. The minimum atomic E-state index is -5.12. The Morgan fingerprint density at radius 3 is 2.38 bits per heavy atom. The van der Waals surface area contributed by atoms with E-state index in [1.54, 1.807) is 48.5 Å². The van der Waals surface area contributed by atoms with Gasteiger partial charge < -0.3 is 14.8 Å². The first-order valence-electron chi connectivity index (χ1n) is 10.8. The van der Waals surface area contributed by atoms with Crippen LogP contribution in [0.25, 0.3) is 0 Å². The molecule has 1 atom stereocenters. The first-order valence-corrected chi connectivity index (χ1v) is 10.8. The Morgan fingerprint density at radius 2 is 1.79 bits per heavy atom. The molecule has 0 saturated heterocycles. The smallest absolute Gasteiger partial charge is 0.442 e. The molecule has 1 fully saturated rings. The zero-order chi connectivity index (χ0) is 24.5. The Hall–Kier alpha value is -3.56. The molecule has 1 saturated carbocycles. The highest BCUT2D eigenvalue weighted by Gasteiger charge is 2.67. The zero-order valence-electron chi connectivity index (χ0n) is 18.7. The fourth-order valence-corrected chi connectivity index (χ4v) is 3.81. The van der Waals surface area contributed by atoms with Crippen molar-refractivity contribution in [2.24, 2.45) is 10.9 Å². The molecule has 10 heteroatoms. The maximum atomic E-state index is 14.3. The topological polar surface area (TPSA) is 80.2 Å². The number of rotatable bonds is 8. The van der Waals surface area contributed by atoms with Gasteiger partial charge in [-0.1, -0.05) is 36.4 Å². The molecule has 7 nitrogen and oxygen atoms in total. The van der Waals surface area contributed by atoms with Crippen LogP contribution in [-0.2, 0) is 16.0 Å². The molecule has 2 aromatic carbocycles. The van der Waals surface area contributed by atoms with E-state index in [0.29, 0.717) is 29.9 Å². The van der Waals surface area contributed by atoms with Gasteiger partial charge in [-0.25, -0.2) is 4.99 Å². The van der Waals surface area contributed by atoms with Gasteiger partial charge in [0.15, 0.2) is 11.5 Å². The molecule has 34 heavy (non-hydrogen) atoms. The molecule has 0 aromatic heterocycles. The number of nitrogens with one attached hydrogen (secondary N) is 1. The molecular weight excluding hydrogens is 451 g/mol. The van der Waals surface area contributed by atoms with E-state index in [9.17, 15) is 22.8 Å². The van der Waals surface area contributed by atoms with Crippen molar-refractivity contribution in [3.63, 3.8) is 0 Å². The monoisotopic (exact) mass is 475 g/mol. The molecule has 0 bridgehead atoms. The average Bonchev–Trinajstić information content (AvgIpc) is 3.63. The van der Waals surface area contributed by atoms with Crippen LogP contribution in [0.3, 0.4) is 0 Å². The molecule has 180 valence electrons. The third-order valence-corrected chi connectivity index (χ3v) is 5.85. The number of ether oxygens (including phenoxy) is 2. The second-order valence-electron chi connectivity index (χ2n) is 8.17. The number of methoxy groups -OCH3 is 2. The first-order chi connectivity index (χ1) is 16.2. The summed E-state index contributed by atoms with van der Waals surface area (Å²) in [4.78, 5) is 30.5. The number of halogens is 3. The first kappa shape index (κ1) is 23.6. The number of carbonyl (C=O) groups is 2. The Bertz CT molecular complexity index is 1120. The second-order valence-corrected chi connectivity index (χ2v) is 8.17. The van der Waals surface area contributed by atoms with Gasteiger partial charge in [0.2, 0.25) is 5.91 Å². The van der Waals surface area contributed by atoms with Gasteiger partial charge in [-0.2, -0.15) is 13.2 Å². The maximum absolute atomic E-state index is 14.3. The highest BCUT2D eigenvalue weighted by Crippen LogP contribution is 2.40. The summed E-state index contributed by atoms with van der Waals surface area (Å²) in [7, 11) is 2.97.